The Morgan fingerprint density at radius 3 is 2.32 bits per heavy atom. The number of thiophene rings is 1. The Hall–Kier alpha value is -1.87. The van der Waals surface area contributed by atoms with Gasteiger partial charge in [0.25, 0.3) is 0 Å². The first-order chi connectivity index (χ1) is 9.06. The van der Waals surface area contributed by atoms with Gasteiger partial charge >= 0.3 is 0 Å². The normalized spacial score (nSPS) is 10.9. The van der Waals surface area contributed by atoms with Crippen molar-refractivity contribution in [1.82, 2.24) is 0 Å². The molecule has 2 aromatic rings. The molecule has 1 aromatic carbocycles. The number of nitrogens with zero attached hydrogens (tertiary/aromatic N) is 1. The second-order valence-corrected chi connectivity index (χ2v) is 5.88. The highest BCUT2D eigenvalue weighted by Gasteiger charge is 2.03. The number of anilines is 1. The number of benzene rings is 1. The predicted octanol–water partition coefficient (Wildman–Crippen LogP) is 4.02. The largest absolute Gasteiger partial charge is 0.378 e. The average Bonchev–Trinajstić information content (AvgIpc) is 2.83. The molecule has 0 aliphatic heterocycles. The minimum absolute atomic E-state index is 0.0646. The van der Waals surface area contributed by atoms with E-state index in [1.54, 1.807) is 6.08 Å². The quantitative estimate of drug-likeness (QED) is 0.618. The highest BCUT2D eigenvalue weighted by molar-refractivity contribution is 7.14. The molecule has 1 aromatic heterocycles. The fraction of sp³-hybridized carbons (Fsp3) is 0.188. The number of carbonyl (C=O) groups excluding carboxylic acids is 1. The van der Waals surface area contributed by atoms with E-state index in [0.717, 1.165) is 21.0 Å². The van der Waals surface area contributed by atoms with Gasteiger partial charge in [0.15, 0.2) is 5.78 Å². The third-order valence-corrected chi connectivity index (χ3v) is 3.84. The summed E-state index contributed by atoms with van der Waals surface area (Å²) >= 11 is 1.53. The number of hydrogen-bond acceptors (Lipinski definition) is 3. The van der Waals surface area contributed by atoms with E-state index < -0.39 is 0 Å². The molecule has 0 radical (unpaired) electrons. The van der Waals surface area contributed by atoms with Crippen LogP contribution in [0, 0.1) is 6.92 Å². The van der Waals surface area contributed by atoms with Crippen LogP contribution in [0.15, 0.2) is 42.5 Å². The second-order valence-electron chi connectivity index (χ2n) is 4.59. The van der Waals surface area contributed by atoms with E-state index >= 15 is 0 Å². The minimum Gasteiger partial charge on any atom is -0.378 e. The van der Waals surface area contributed by atoms with E-state index in [9.17, 15) is 4.79 Å². The van der Waals surface area contributed by atoms with Crippen molar-refractivity contribution in [2.45, 2.75) is 6.92 Å². The monoisotopic (exact) mass is 271 g/mol. The van der Waals surface area contributed by atoms with Crippen LogP contribution in [0.25, 0.3) is 6.08 Å². The molecule has 0 saturated heterocycles. The Morgan fingerprint density at radius 2 is 1.79 bits per heavy atom. The first-order valence-corrected chi connectivity index (χ1v) is 6.94. The van der Waals surface area contributed by atoms with Crippen LogP contribution in [0.3, 0.4) is 0 Å². The molecular weight excluding hydrogens is 254 g/mol. The van der Waals surface area contributed by atoms with E-state index in [0.29, 0.717) is 0 Å². The van der Waals surface area contributed by atoms with Crippen LogP contribution in [-0.4, -0.2) is 19.9 Å². The highest BCUT2D eigenvalue weighted by atomic mass is 32.1. The van der Waals surface area contributed by atoms with E-state index in [2.05, 4.69) is 0 Å². The van der Waals surface area contributed by atoms with Crippen molar-refractivity contribution < 1.29 is 4.79 Å². The van der Waals surface area contributed by atoms with Gasteiger partial charge in [0.05, 0.1) is 4.88 Å². The zero-order valence-corrected chi connectivity index (χ0v) is 12.2. The predicted molar refractivity (Wildman–Crippen MR) is 83.2 cm³/mol. The molecule has 19 heavy (non-hydrogen) atoms. The maximum Gasteiger partial charge on any atom is 0.195 e. The van der Waals surface area contributed by atoms with Crippen LogP contribution < -0.4 is 4.90 Å². The topological polar surface area (TPSA) is 20.3 Å². The molecule has 0 spiro atoms. The van der Waals surface area contributed by atoms with E-state index in [1.165, 1.54) is 11.3 Å². The molecule has 2 nitrogen and oxygen atoms in total. The van der Waals surface area contributed by atoms with Crippen molar-refractivity contribution in [3.63, 3.8) is 0 Å². The molecule has 2 rings (SSSR count). The smallest absolute Gasteiger partial charge is 0.195 e. The maximum atomic E-state index is 11.9. The van der Waals surface area contributed by atoms with Gasteiger partial charge in [-0.1, -0.05) is 18.2 Å². The minimum atomic E-state index is 0.0646. The Balaban J connectivity index is 2.08. The lowest BCUT2D eigenvalue weighted by atomic mass is 10.1. The molecule has 0 aliphatic carbocycles. The van der Waals surface area contributed by atoms with Crippen molar-refractivity contribution in [2.24, 2.45) is 0 Å². The van der Waals surface area contributed by atoms with Crippen molar-refractivity contribution in [3.05, 3.63) is 57.8 Å². The van der Waals surface area contributed by atoms with Crippen LogP contribution in [0.1, 0.15) is 20.1 Å². The van der Waals surface area contributed by atoms with Crippen molar-refractivity contribution >= 4 is 28.9 Å². The summed E-state index contributed by atoms with van der Waals surface area (Å²) < 4.78 is 0. The van der Waals surface area contributed by atoms with Gasteiger partial charge in [0.1, 0.15) is 0 Å². The first-order valence-electron chi connectivity index (χ1n) is 6.12. The molecule has 0 bridgehead atoms. The van der Waals surface area contributed by atoms with Gasteiger partial charge in [-0.2, -0.15) is 0 Å². The van der Waals surface area contributed by atoms with Crippen LogP contribution >= 0.6 is 11.3 Å². The molecule has 0 atom stereocenters. The van der Waals surface area contributed by atoms with Gasteiger partial charge in [-0.05, 0) is 42.8 Å². The average molecular weight is 271 g/mol. The number of aryl methyl sites for hydroxylation is 1. The summed E-state index contributed by atoms with van der Waals surface area (Å²) in [5.74, 6) is 0.0646. The third-order valence-electron chi connectivity index (χ3n) is 2.82. The van der Waals surface area contributed by atoms with E-state index in [1.807, 2.05) is 68.4 Å². The summed E-state index contributed by atoms with van der Waals surface area (Å²) in [6.07, 6.45) is 3.49. The van der Waals surface area contributed by atoms with Gasteiger partial charge in [-0.25, -0.2) is 0 Å². The van der Waals surface area contributed by atoms with Crippen LogP contribution in [0.4, 0.5) is 5.69 Å². The van der Waals surface area contributed by atoms with Crippen molar-refractivity contribution in [2.75, 3.05) is 19.0 Å². The zero-order chi connectivity index (χ0) is 13.8. The molecule has 0 unspecified atom stereocenters. The van der Waals surface area contributed by atoms with Crippen molar-refractivity contribution in [1.29, 1.82) is 0 Å². The lowest BCUT2D eigenvalue weighted by molar-refractivity contribution is 0.105. The fourth-order valence-electron chi connectivity index (χ4n) is 1.70. The van der Waals surface area contributed by atoms with Gasteiger partial charge in [0.2, 0.25) is 0 Å². The third kappa shape index (κ3) is 3.55. The number of ketones is 1. The van der Waals surface area contributed by atoms with Gasteiger partial charge in [-0.15, -0.1) is 11.3 Å². The molecule has 1 heterocycles. The summed E-state index contributed by atoms with van der Waals surface area (Å²) in [5.41, 5.74) is 2.18. The van der Waals surface area contributed by atoms with E-state index in [-0.39, 0.29) is 5.78 Å². The Bertz CT molecular complexity index is 593. The van der Waals surface area contributed by atoms with Crippen LogP contribution in [0.5, 0.6) is 0 Å². The SMILES string of the molecule is Cc1ccc(C(=O)/C=C/c2ccc(N(C)C)cc2)s1. The summed E-state index contributed by atoms with van der Waals surface area (Å²) in [4.78, 5) is 15.9. The van der Waals surface area contributed by atoms with Gasteiger partial charge in [0, 0.05) is 24.7 Å². The lowest BCUT2D eigenvalue weighted by Gasteiger charge is -2.11. The lowest BCUT2D eigenvalue weighted by Crippen LogP contribution is -2.07. The number of allylic oxidation sites excluding steroid dienone is 1. The standard InChI is InChI=1S/C16H17NOS/c1-12-4-11-16(19-12)15(18)10-7-13-5-8-14(9-6-13)17(2)3/h4-11H,1-3H3/b10-7+. The molecule has 0 saturated carbocycles. The Labute approximate surface area is 118 Å². The summed E-state index contributed by atoms with van der Waals surface area (Å²) in [6.45, 7) is 2.01. The second kappa shape index (κ2) is 5.85. The van der Waals surface area contributed by atoms with Crippen molar-refractivity contribution in [3.8, 4) is 0 Å². The van der Waals surface area contributed by atoms with Crippen LogP contribution in [-0.2, 0) is 0 Å². The number of carbonyl (C=O) groups is 1. The fourth-order valence-corrected chi connectivity index (χ4v) is 2.49. The first kappa shape index (κ1) is 13.6. The summed E-state index contributed by atoms with van der Waals surface area (Å²) in [7, 11) is 4.01. The molecule has 0 amide bonds. The maximum absolute atomic E-state index is 11.9. The summed E-state index contributed by atoms with van der Waals surface area (Å²) in [6, 6.07) is 12.0. The molecule has 98 valence electrons. The number of rotatable bonds is 4. The molecule has 3 heteroatoms. The molecular formula is C16H17NOS. The Morgan fingerprint density at radius 1 is 1.11 bits per heavy atom. The van der Waals surface area contributed by atoms with Gasteiger partial charge in [-0.3, -0.25) is 4.79 Å². The van der Waals surface area contributed by atoms with Crippen LogP contribution in [0.2, 0.25) is 0 Å². The zero-order valence-electron chi connectivity index (χ0n) is 11.4. The highest BCUT2D eigenvalue weighted by Crippen LogP contribution is 2.17. The van der Waals surface area contributed by atoms with E-state index in [4.69, 9.17) is 0 Å². The Kier molecular flexibility index (Phi) is 4.17. The molecule has 0 N–H and O–H groups in total. The summed E-state index contributed by atoms with van der Waals surface area (Å²) in [5, 5.41) is 0. The molecule has 0 fully saturated rings. The number of hydrogen-bond donors (Lipinski definition) is 0. The van der Waals surface area contributed by atoms with Gasteiger partial charge < -0.3 is 4.90 Å². The molecule has 0 aliphatic rings.